The lowest BCUT2D eigenvalue weighted by molar-refractivity contribution is 0.130. The van der Waals surface area contributed by atoms with Gasteiger partial charge in [0.25, 0.3) is 0 Å². The number of aliphatic hydroxyl groups excluding tert-OH is 1. The van der Waals surface area contributed by atoms with E-state index in [9.17, 15) is 5.11 Å². The van der Waals surface area contributed by atoms with Crippen LogP contribution in [-0.4, -0.2) is 35.5 Å². The molecule has 6 nitrogen and oxygen atoms in total. The van der Waals surface area contributed by atoms with E-state index >= 15 is 0 Å². The minimum atomic E-state index is -0.541. The van der Waals surface area contributed by atoms with Gasteiger partial charge in [0.1, 0.15) is 5.82 Å². The number of fused-ring (bicyclic) bond motifs is 1. The van der Waals surface area contributed by atoms with Crippen molar-refractivity contribution in [1.82, 2.24) is 24.3 Å². The summed E-state index contributed by atoms with van der Waals surface area (Å²) < 4.78 is 3.84. The standard InChI is InChI=1S/C18H25N5O/c1-5-17-20-18(6-2)23(21-17)10-14(24)9-22-11-19-15-7-12(3)13(4)8-16(15)22/h7-8,11,14,24H,5-6,9-10H2,1-4H3. The Labute approximate surface area is 142 Å². The molecule has 1 unspecified atom stereocenters. The number of nitrogens with zero attached hydrogens (tertiary/aromatic N) is 5. The predicted octanol–water partition coefficient (Wildman–Crippen LogP) is 2.43. The van der Waals surface area contributed by atoms with Crippen molar-refractivity contribution in [2.24, 2.45) is 0 Å². The van der Waals surface area contributed by atoms with E-state index in [2.05, 4.69) is 48.0 Å². The van der Waals surface area contributed by atoms with E-state index < -0.39 is 6.10 Å². The molecule has 0 saturated heterocycles. The van der Waals surface area contributed by atoms with Crippen molar-refractivity contribution in [3.63, 3.8) is 0 Å². The van der Waals surface area contributed by atoms with Crippen molar-refractivity contribution in [2.45, 2.75) is 59.7 Å². The van der Waals surface area contributed by atoms with Crippen LogP contribution in [0.3, 0.4) is 0 Å². The van der Waals surface area contributed by atoms with E-state index in [0.29, 0.717) is 13.1 Å². The van der Waals surface area contributed by atoms with Crippen LogP contribution in [0.2, 0.25) is 0 Å². The average Bonchev–Trinajstić information content (AvgIpc) is 3.12. The first-order chi connectivity index (χ1) is 11.5. The molecule has 0 amide bonds. The van der Waals surface area contributed by atoms with E-state index in [4.69, 9.17) is 0 Å². The zero-order valence-electron chi connectivity index (χ0n) is 14.8. The third kappa shape index (κ3) is 3.19. The van der Waals surface area contributed by atoms with Crippen LogP contribution in [0, 0.1) is 13.8 Å². The second-order valence-electron chi connectivity index (χ2n) is 6.31. The number of rotatable bonds is 6. The Bertz CT molecular complexity index is 849. The molecule has 0 spiro atoms. The number of hydrogen-bond donors (Lipinski definition) is 1. The van der Waals surface area contributed by atoms with Crippen molar-refractivity contribution in [3.05, 3.63) is 41.2 Å². The maximum atomic E-state index is 10.5. The Morgan fingerprint density at radius 1 is 1.08 bits per heavy atom. The lowest BCUT2D eigenvalue weighted by Crippen LogP contribution is -2.23. The van der Waals surface area contributed by atoms with E-state index in [-0.39, 0.29) is 0 Å². The maximum absolute atomic E-state index is 10.5. The fourth-order valence-electron chi connectivity index (χ4n) is 2.93. The highest BCUT2D eigenvalue weighted by atomic mass is 16.3. The Morgan fingerprint density at radius 3 is 2.54 bits per heavy atom. The van der Waals surface area contributed by atoms with Gasteiger partial charge in [0.15, 0.2) is 5.82 Å². The number of benzene rings is 1. The molecule has 128 valence electrons. The highest BCUT2D eigenvalue weighted by Crippen LogP contribution is 2.19. The fourth-order valence-corrected chi connectivity index (χ4v) is 2.93. The number of aromatic nitrogens is 5. The molecule has 0 radical (unpaired) electrons. The van der Waals surface area contributed by atoms with Crippen molar-refractivity contribution >= 4 is 11.0 Å². The van der Waals surface area contributed by atoms with Gasteiger partial charge >= 0.3 is 0 Å². The Morgan fingerprint density at radius 2 is 1.83 bits per heavy atom. The highest BCUT2D eigenvalue weighted by Gasteiger charge is 2.14. The number of imidazole rings is 1. The Hall–Kier alpha value is -2.21. The topological polar surface area (TPSA) is 68.8 Å². The summed E-state index contributed by atoms with van der Waals surface area (Å²) in [5.41, 5.74) is 4.49. The summed E-state index contributed by atoms with van der Waals surface area (Å²) in [5, 5.41) is 15.0. The second kappa shape index (κ2) is 6.73. The molecule has 0 bridgehead atoms. The van der Waals surface area contributed by atoms with Crippen LogP contribution in [0.15, 0.2) is 18.5 Å². The van der Waals surface area contributed by atoms with Crippen molar-refractivity contribution in [2.75, 3.05) is 0 Å². The first-order valence-corrected chi connectivity index (χ1v) is 8.54. The number of aliphatic hydroxyl groups is 1. The third-order valence-electron chi connectivity index (χ3n) is 4.45. The first kappa shape index (κ1) is 16.6. The lowest BCUT2D eigenvalue weighted by atomic mass is 10.1. The van der Waals surface area contributed by atoms with Gasteiger partial charge < -0.3 is 9.67 Å². The molecule has 2 heterocycles. The van der Waals surface area contributed by atoms with Crippen LogP contribution < -0.4 is 0 Å². The molecule has 2 aromatic heterocycles. The first-order valence-electron chi connectivity index (χ1n) is 8.54. The lowest BCUT2D eigenvalue weighted by Gasteiger charge is -2.13. The molecule has 0 fully saturated rings. The minimum absolute atomic E-state index is 0.445. The summed E-state index contributed by atoms with van der Waals surface area (Å²) in [5.74, 6) is 1.76. The summed E-state index contributed by atoms with van der Waals surface area (Å²) in [7, 11) is 0. The molecule has 3 aromatic rings. The highest BCUT2D eigenvalue weighted by molar-refractivity contribution is 5.77. The molecule has 1 N–H and O–H groups in total. The summed E-state index contributed by atoms with van der Waals surface area (Å²) >= 11 is 0. The molecule has 3 rings (SSSR count). The van der Waals surface area contributed by atoms with Gasteiger partial charge in [-0.05, 0) is 37.1 Å². The molecule has 1 atom stereocenters. The van der Waals surface area contributed by atoms with Gasteiger partial charge in [0.05, 0.1) is 36.6 Å². The van der Waals surface area contributed by atoms with Gasteiger partial charge in [-0.3, -0.25) is 0 Å². The molecular formula is C18H25N5O. The fraction of sp³-hybridized carbons (Fsp3) is 0.500. The summed E-state index contributed by atoms with van der Waals surface area (Å²) in [6.07, 6.45) is 2.88. The zero-order chi connectivity index (χ0) is 17.3. The quantitative estimate of drug-likeness (QED) is 0.755. The zero-order valence-corrected chi connectivity index (χ0v) is 14.8. The SMILES string of the molecule is CCc1nc(CC)n(CC(O)Cn2cnc3cc(C)c(C)cc32)n1. The van der Waals surface area contributed by atoms with E-state index in [1.54, 1.807) is 6.33 Å². The van der Waals surface area contributed by atoms with Gasteiger partial charge in [-0.25, -0.2) is 14.6 Å². The van der Waals surface area contributed by atoms with E-state index in [0.717, 1.165) is 35.5 Å². The normalized spacial score (nSPS) is 12.9. The molecule has 0 aliphatic carbocycles. The van der Waals surface area contributed by atoms with Gasteiger partial charge in [0, 0.05) is 12.8 Å². The van der Waals surface area contributed by atoms with Crippen LogP contribution in [0.5, 0.6) is 0 Å². The van der Waals surface area contributed by atoms with E-state index in [1.165, 1.54) is 11.1 Å². The maximum Gasteiger partial charge on any atom is 0.150 e. The van der Waals surface area contributed by atoms with Crippen molar-refractivity contribution < 1.29 is 5.11 Å². The average molecular weight is 327 g/mol. The van der Waals surface area contributed by atoms with E-state index in [1.807, 2.05) is 16.2 Å². The molecule has 24 heavy (non-hydrogen) atoms. The number of hydrogen-bond acceptors (Lipinski definition) is 4. The Kier molecular flexibility index (Phi) is 4.66. The summed E-state index contributed by atoms with van der Waals surface area (Å²) in [6.45, 7) is 9.21. The monoisotopic (exact) mass is 327 g/mol. The Balaban J connectivity index is 1.79. The summed E-state index contributed by atoms with van der Waals surface area (Å²) in [4.78, 5) is 8.94. The van der Waals surface area contributed by atoms with Crippen LogP contribution in [0.1, 0.15) is 36.6 Å². The van der Waals surface area contributed by atoms with Gasteiger partial charge in [-0.15, -0.1) is 0 Å². The largest absolute Gasteiger partial charge is 0.389 e. The van der Waals surface area contributed by atoms with Gasteiger partial charge in [-0.2, -0.15) is 5.10 Å². The van der Waals surface area contributed by atoms with Crippen LogP contribution in [-0.2, 0) is 25.9 Å². The van der Waals surface area contributed by atoms with Gasteiger partial charge in [-0.1, -0.05) is 13.8 Å². The molecule has 0 saturated carbocycles. The minimum Gasteiger partial charge on any atom is -0.389 e. The number of aryl methyl sites for hydroxylation is 4. The van der Waals surface area contributed by atoms with Gasteiger partial charge in [0.2, 0.25) is 0 Å². The predicted molar refractivity (Wildman–Crippen MR) is 94.0 cm³/mol. The molecular weight excluding hydrogens is 302 g/mol. The van der Waals surface area contributed by atoms with Crippen LogP contribution in [0.25, 0.3) is 11.0 Å². The summed E-state index contributed by atoms with van der Waals surface area (Å²) in [6, 6.07) is 4.22. The smallest absolute Gasteiger partial charge is 0.150 e. The molecule has 6 heteroatoms. The van der Waals surface area contributed by atoms with Crippen LogP contribution >= 0.6 is 0 Å². The van der Waals surface area contributed by atoms with Crippen LogP contribution in [0.4, 0.5) is 0 Å². The van der Waals surface area contributed by atoms with Crippen molar-refractivity contribution in [3.8, 4) is 0 Å². The molecule has 0 aliphatic heterocycles. The second-order valence-corrected chi connectivity index (χ2v) is 6.31. The van der Waals surface area contributed by atoms with Crippen molar-refractivity contribution in [1.29, 1.82) is 0 Å². The molecule has 1 aromatic carbocycles. The molecule has 0 aliphatic rings. The third-order valence-corrected chi connectivity index (χ3v) is 4.45.